The molecule has 1 heterocycles. The van der Waals surface area contributed by atoms with Gasteiger partial charge in [0.25, 0.3) is 0 Å². The maximum atomic E-state index is 11.5. The van der Waals surface area contributed by atoms with Crippen LogP contribution >= 0.6 is 0 Å². The molecular weight excluding hydrogens is 228 g/mol. The van der Waals surface area contributed by atoms with Crippen molar-refractivity contribution in [3.8, 4) is 0 Å². The first-order chi connectivity index (χ1) is 8.46. The standard InChI is InChI=1S/C14H24N2O2/c1-6-12-10-14(5,7-2)16(15-12)11(4)9-13(17)18-8-3/h9H,6-8,10H2,1-5H3. The summed E-state index contributed by atoms with van der Waals surface area (Å²) in [5.74, 6) is -0.298. The van der Waals surface area contributed by atoms with Crippen LogP contribution in [0.5, 0.6) is 0 Å². The van der Waals surface area contributed by atoms with Crippen molar-refractivity contribution < 1.29 is 9.53 Å². The first-order valence-electron chi connectivity index (χ1n) is 6.68. The number of hydrazone groups is 1. The van der Waals surface area contributed by atoms with Gasteiger partial charge in [0.2, 0.25) is 0 Å². The largest absolute Gasteiger partial charge is 0.463 e. The second-order valence-corrected chi connectivity index (χ2v) is 4.90. The molecule has 1 rings (SSSR count). The molecule has 0 amide bonds. The van der Waals surface area contributed by atoms with Crippen LogP contribution in [0.2, 0.25) is 0 Å². The molecular formula is C14H24N2O2. The van der Waals surface area contributed by atoms with Gasteiger partial charge in [-0.3, -0.25) is 5.01 Å². The molecule has 0 aromatic heterocycles. The van der Waals surface area contributed by atoms with Crippen molar-refractivity contribution in [2.24, 2.45) is 5.10 Å². The number of hydrogen-bond donors (Lipinski definition) is 0. The van der Waals surface area contributed by atoms with Gasteiger partial charge in [0.1, 0.15) is 0 Å². The lowest BCUT2D eigenvalue weighted by atomic mass is 9.91. The van der Waals surface area contributed by atoms with Crippen molar-refractivity contribution in [3.63, 3.8) is 0 Å². The number of esters is 1. The van der Waals surface area contributed by atoms with Crippen molar-refractivity contribution in [2.75, 3.05) is 6.61 Å². The van der Waals surface area contributed by atoms with Gasteiger partial charge in [-0.25, -0.2) is 4.79 Å². The van der Waals surface area contributed by atoms with Crippen molar-refractivity contribution in [1.82, 2.24) is 5.01 Å². The molecule has 18 heavy (non-hydrogen) atoms. The SMILES string of the molecule is CCOC(=O)C=C(C)N1N=C(CC)CC1(C)CC. The quantitative estimate of drug-likeness (QED) is 0.557. The van der Waals surface area contributed by atoms with Gasteiger partial charge in [0.15, 0.2) is 0 Å². The third kappa shape index (κ3) is 3.12. The van der Waals surface area contributed by atoms with E-state index in [0.29, 0.717) is 6.61 Å². The fourth-order valence-electron chi connectivity index (χ4n) is 2.20. The van der Waals surface area contributed by atoms with Gasteiger partial charge < -0.3 is 4.74 Å². The molecule has 0 bridgehead atoms. The number of rotatable bonds is 5. The van der Waals surface area contributed by atoms with Crippen molar-refractivity contribution in [2.45, 2.75) is 59.4 Å². The van der Waals surface area contributed by atoms with E-state index in [0.717, 1.165) is 25.0 Å². The smallest absolute Gasteiger partial charge is 0.332 e. The summed E-state index contributed by atoms with van der Waals surface area (Å²) < 4.78 is 4.94. The minimum Gasteiger partial charge on any atom is -0.463 e. The summed E-state index contributed by atoms with van der Waals surface area (Å²) >= 11 is 0. The Morgan fingerprint density at radius 3 is 2.67 bits per heavy atom. The van der Waals surface area contributed by atoms with E-state index in [-0.39, 0.29) is 11.5 Å². The minimum absolute atomic E-state index is 0.0155. The number of ether oxygens (including phenoxy) is 1. The summed E-state index contributed by atoms with van der Waals surface area (Å²) in [5, 5.41) is 6.59. The number of carbonyl (C=O) groups excluding carboxylic acids is 1. The molecule has 102 valence electrons. The average molecular weight is 252 g/mol. The molecule has 0 fully saturated rings. The Bertz CT molecular complexity index is 374. The van der Waals surface area contributed by atoms with E-state index in [9.17, 15) is 4.79 Å². The third-order valence-corrected chi connectivity index (χ3v) is 3.45. The van der Waals surface area contributed by atoms with Gasteiger partial charge in [-0.1, -0.05) is 13.8 Å². The zero-order chi connectivity index (χ0) is 13.8. The van der Waals surface area contributed by atoms with Crippen LogP contribution < -0.4 is 0 Å². The van der Waals surface area contributed by atoms with Crippen molar-refractivity contribution in [3.05, 3.63) is 11.8 Å². The second-order valence-electron chi connectivity index (χ2n) is 4.90. The maximum Gasteiger partial charge on any atom is 0.332 e. The summed E-state index contributed by atoms with van der Waals surface area (Å²) in [6.07, 6.45) is 4.44. The Labute approximate surface area is 110 Å². The zero-order valence-corrected chi connectivity index (χ0v) is 12.1. The number of allylic oxidation sites excluding steroid dienone is 1. The van der Waals surface area contributed by atoms with E-state index in [2.05, 4.69) is 25.9 Å². The highest BCUT2D eigenvalue weighted by Crippen LogP contribution is 2.34. The number of carbonyl (C=O) groups is 1. The van der Waals surface area contributed by atoms with Crippen molar-refractivity contribution >= 4 is 11.7 Å². The van der Waals surface area contributed by atoms with Gasteiger partial charge in [0.05, 0.1) is 12.1 Å². The summed E-state index contributed by atoms with van der Waals surface area (Å²) in [7, 11) is 0. The Morgan fingerprint density at radius 2 is 2.17 bits per heavy atom. The van der Waals surface area contributed by atoms with Crippen LogP contribution in [0.25, 0.3) is 0 Å². The highest BCUT2D eigenvalue weighted by Gasteiger charge is 2.37. The van der Waals surface area contributed by atoms with E-state index < -0.39 is 0 Å². The predicted octanol–water partition coefficient (Wildman–Crippen LogP) is 3.09. The lowest BCUT2D eigenvalue weighted by Crippen LogP contribution is -2.38. The second kappa shape index (κ2) is 6.03. The predicted molar refractivity (Wildman–Crippen MR) is 73.3 cm³/mol. The van der Waals surface area contributed by atoms with Gasteiger partial charge >= 0.3 is 5.97 Å². The Hall–Kier alpha value is -1.32. The van der Waals surface area contributed by atoms with Crippen LogP contribution in [0.4, 0.5) is 0 Å². The molecule has 0 aromatic rings. The molecule has 1 aliphatic rings. The molecule has 0 radical (unpaired) electrons. The van der Waals surface area contributed by atoms with Gasteiger partial charge in [-0.05, 0) is 33.6 Å². The number of nitrogens with zero attached hydrogens (tertiary/aromatic N) is 2. The Morgan fingerprint density at radius 1 is 1.50 bits per heavy atom. The van der Waals surface area contributed by atoms with Crippen LogP contribution in [0.15, 0.2) is 16.9 Å². The van der Waals surface area contributed by atoms with Crippen LogP contribution in [-0.2, 0) is 9.53 Å². The molecule has 0 aliphatic carbocycles. The molecule has 1 aliphatic heterocycles. The fraction of sp³-hybridized carbons (Fsp3) is 0.714. The summed E-state index contributed by atoms with van der Waals surface area (Å²) in [4.78, 5) is 11.5. The maximum absolute atomic E-state index is 11.5. The highest BCUT2D eigenvalue weighted by atomic mass is 16.5. The van der Waals surface area contributed by atoms with E-state index in [4.69, 9.17) is 4.74 Å². The Kier molecular flexibility index (Phi) is 4.93. The summed E-state index contributed by atoms with van der Waals surface area (Å²) in [6.45, 7) is 10.6. The molecule has 1 atom stereocenters. The highest BCUT2D eigenvalue weighted by molar-refractivity contribution is 5.87. The fourth-order valence-corrected chi connectivity index (χ4v) is 2.20. The van der Waals surface area contributed by atoms with E-state index in [1.807, 2.05) is 11.9 Å². The zero-order valence-electron chi connectivity index (χ0n) is 12.1. The molecule has 0 saturated heterocycles. The van der Waals surface area contributed by atoms with E-state index >= 15 is 0 Å². The molecule has 0 spiro atoms. The van der Waals surface area contributed by atoms with Crippen LogP contribution in [-0.4, -0.2) is 28.8 Å². The summed E-state index contributed by atoms with van der Waals surface area (Å²) in [5.41, 5.74) is 2.02. The normalized spacial score (nSPS) is 24.2. The summed E-state index contributed by atoms with van der Waals surface area (Å²) in [6, 6.07) is 0. The first kappa shape index (κ1) is 14.7. The van der Waals surface area contributed by atoms with Gasteiger partial charge in [-0.2, -0.15) is 5.10 Å². The molecule has 0 saturated carbocycles. The average Bonchev–Trinajstić information content (AvgIpc) is 2.67. The Balaban J connectivity index is 2.91. The van der Waals surface area contributed by atoms with E-state index in [1.54, 1.807) is 6.92 Å². The van der Waals surface area contributed by atoms with Crippen LogP contribution in [0.3, 0.4) is 0 Å². The molecule has 4 nitrogen and oxygen atoms in total. The van der Waals surface area contributed by atoms with E-state index in [1.165, 1.54) is 11.8 Å². The first-order valence-corrected chi connectivity index (χ1v) is 6.68. The lowest BCUT2D eigenvalue weighted by molar-refractivity contribution is -0.137. The molecule has 4 heteroatoms. The van der Waals surface area contributed by atoms with Gasteiger partial charge in [-0.15, -0.1) is 0 Å². The molecule has 0 aromatic carbocycles. The van der Waals surface area contributed by atoms with Crippen molar-refractivity contribution in [1.29, 1.82) is 0 Å². The van der Waals surface area contributed by atoms with Gasteiger partial charge in [0, 0.05) is 23.9 Å². The number of hydrogen-bond acceptors (Lipinski definition) is 4. The topological polar surface area (TPSA) is 41.9 Å². The monoisotopic (exact) mass is 252 g/mol. The lowest BCUT2D eigenvalue weighted by Gasteiger charge is -2.33. The third-order valence-electron chi connectivity index (χ3n) is 3.45. The molecule has 1 unspecified atom stereocenters. The molecule has 0 N–H and O–H groups in total. The van der Waals surface area contributed by atoms with Crippen LogP contribution in [0.1, 0.15) is 53.9 Å². The van der Waals surface area contributed by atoms with Crippen LogP contribution in [0, 0.1) is 0 Å². The minimum atomic E-state index is -0.298.